The van der Waals surface area contributed by atoms with Gasteiger partial charge in [-0.3, -0.25) is 14.4 Å². The minimum absolute atomic E-state index is 0.0685. The zero-order valence-corrected chi connectivity index (χ0v) is 14.3. The number of non-ortho nitro benzene ring substituents is 1. The Labute approximate surface area is 143 Å². The van der Waals surface area contributed by atoms with Crippen LogP contribution in [-0.2, 0) is 10.0 Å². The predicted molar refractivity (Wildman–Crippen MR) is 89.8 cm³/mol. The molecule has 0 radical (unpaired) electrons. The van der Waals surface area contributed by atoms with Gasteiger partial charge in [-0.15, -0.1) is 0 Å². The van der Waals surface area contributed by atoms with Crippen LogP contribution >= 0.6 is 23.2 Å². The van der Waals surface area contributed by atoms with Crippen LogP contribution in [0.15, 0.2) is 47.4 Å². The number of halogens is 2. The quantitative estimate of drug-likeness (QED) is 0.582. The van der Waals surface area contributed by atoms with Crippen molar-refractivity contribution in [2.75, 3.05) is 10.8 Å². The first-order valence-electron chi connectivity index (χ1n) is 6.50. The highest BCUT2D eigenvalue weighted by atomic mass is 35.5. The smallest absolute Gasteiger partial charge is 0.265 e. The number of benzene rings is 2. The summed E-state index contributed by atoms with van der Waals surface area (Å²) in [5.74, 6) is 0. The molecule has 0 aromatic heterocycles. The van der Waals surface area contributed by atoms with Gasteiger partial charge in [0.25, 0.3) is 15.7 Å². The summed E-state index contributed by atoms with van der Waals surface area (Å²) in [4.78, 5) is 10.0. The molecule has 9 heteroatoms. The third-order valence-corrected chi connectivity index (χ3v) is 5.83. The molecule has 0 N–H and O–H groups in total. The molecule has 0 aliphatic rings. The summed E-state index contributed by atoms with van der Waals surface area (Å²) in [5, 5.41) is 11.0. The molecule has 0 spiro atoms. The van der Waals surface area contributed by atoms with E-state index in [0.29, 0.717) is 0 Å². The van der Waals surface area contributed by atoms with Crippen LogP contribution in [0.1, 0.15) is 6.92 Å². The number of nitrogens with zero attached hydrogens (tertiary/aromatic N) is 2. The number of hydrogen-bond acceptors (Lipinski definition) is 4. The molecule has 2 aromatic carbocycles. The first-order chi connectivity index (χ1) is 10.8. The maximum absolute atomic E-state index is 12.8. The van der Waals surface area contributed by atoms with E-state index in [-0.39, 0.29) is 32.9 Å². The van der Waals surface area contributed by atoms with Gasteiger partial charge in [0.2, 0.25) is 0 Å². The molecule has 23 heavy (non-hydrogen) atoms. The molecule has 0 saturated heterocycles. The number of nitro groups is 1. The molecule has 0 bridgehead atoms. The Balaban J connectivity index is 2.51. The van der Waals surface area contributed by atoms with Crippen LogP contribution in [-0.4, -0.2) is 19.9 Å². The van der Waals surface area contributed by atoms with Crippen LogP contribution in [0.25, 0.3) is 0 Å². The monoisotopic (exact) mass is 374 g/mol. The van der Waals surface area contributed by atoms with Gasteiger partial charge in [0.15, 0.2) is 0 Å². The van der Waals surface area contributed by atoms with E-state index in [4.69, 9.17) is 23.2 Å². The topological polar surface area (TPSA) is 80.5 Å². The molecule has 0 heterocycles. The van der Waals surface area contributed by atoms with E-state index in [1.807, 2.05) is 0 Å². The van der Waals surface area contributed by atoms with Crippen molar-refractivity contribution in [2.24, 2.45) is 0 Å². The first kappa shape index (κ1) is 17.5. The third kappa shape index (κ3) is 3.41. The fraction of sp³-hybridized carbons (Fsp3) is 0.143. The van der Waals surface area contributed by atoms with Crippen LogP contribution in [0, 0.1) is 10.1 Å². The molecule has 2 aromatic rings. The average molecular weight is 375 g/mol. The van der Waals surface area contributed by atoms with Gasteiger partial charge in [0.1, 0.15) is 0 Å². The highest BCUT2D eigenvalue weighted by Crippen LogP contribution is 2.35. The van der Waals surface area contributed by atoms with Crippen molar-refractivity contribution in [1.29, 1.82) is 0 Å². The van der Waals surface area contributed by atoms with Crippen molar-refractivity contribution in [3.8, 4) is 0 Å². The van der Waals surface area contributed by atoms with Crippen LogP contribution in [0.2, 0.25) is 10.0 Å². The minimum atomic E-state index is -3.92. The van der Waals surface area contributed by atoms with E-state index in [2.05, 4.69) is 0 Å². The third-order valence-electron chi connectivity index (χ3n) is 3.12. The SMILES string of the molecule is CCN(c1cccc(Cl)c1Cl)S(=O)(=O)c1ccc([N+](=O)[O-])cc1. The van der Waals surface area contributed by atoms with E-state index in [1.54, 1.807) is 25.1 Å². The maximum atomic E-state index is 12.8. The van der Waals surface area contributed by atoms with Crippen LogP contribution in [0.5, 0.6) is 0 Å². The lowest BCUT2D eigenvalue weighted by molar-refractivity contribution is -0.384. The molecular formula is C14H12Cl2N2O4S. The molecule has 0 fully saturated rings. The summed E-state index contributed by atoms with van der Waals surface area (Å²) in [6, 6.07) is 9.35. The molecule has 0 amide bonds. The van der Waals surface area contributed by atoms with Crippen molar-refractivity contribution in [2.45, 2.75) is 11.8 Å². The van der Waals surface area contributed by atoms with Gasteiger partial charge in [-0.05, 0) is 31.2 Å². The first-order valence-corrected chi connectivity index (χ1v) is 8.70. The lowest BCUT2D eigenvalue weighted by Gasteiger charge is -2.24. The minimum Gasteiger partial charge on any atom is -0.265 e. The highest BCUT2D eigenvalue weighted by molar-refractivity contribution is 7.92. The van der Waals surface area contributed by atoms with E-state index in [1.165, 1.54) is 12.1 Å². The Kier molecular flexibility index (Phi) is 5.13. The molecular weight excluding hydrogens is 363 g/mol. The number of anilines is 1. The van der Waals surface area contributed by atoms with Gasteiger partial charge in [-0.1, -0.05) is 29.3 Å². The second kappa shape index (κ2) is 6.74. The largest absolute Gasteiger partial charge is 0.269 e. The Bertz CT molecular complexity index is 838. The average Bonchev–Trinajstić information content (AvgIpc) is 2.52. The fourth-order valence-corrected chi connectivity index (χ4v) is 3.96. The van der Waals surface area contributed by atoms with Gasteiger partial charge in [-0.2, -0.15) is 0 Å². The molecule has 0 aliphatic heterocycles. The molecule has 122 valence electrons. The Morgan fingerprint density at radius 3 is 2.26 bits per heavy atom. The standard InChI is InChI=1S/C14H12Cl2N2O4S/c1-2-17(13-5-3-4-12(15)14(13)16)23(21,22)11-8-6-10(7-9-11)18(19)20/h3-9H,2H2,1H3. The number of rotatable bonds is 5. The number of sulfonamides is 1. The lowest BCUT2D eigenvalue weighted by atomic mass is 10.3. The predicted octanol–water partition coefficient (Wildman–Crippen LogP) is 4.12. The fourth-order valence-electron chi connectivity index (χ4n) is 2.02. The summed E-state index contributed by atoms with van der Waals surface area (Å²) in [7, 11) is -3.92. The summed E-state index contributed by atoms with van der Waals surface area (Å²) >= 11 is 12.0. The Hall–Kier alpha value is -1.83. The highest BCUT2D eigenvalue weighted by Gasteiger charge is 2.26. The van der Waals surface area contributed by atoms with Crippen LogP contribution in [0.4, 0.5) is 11.4 Å². The molecule has 2 rings (SSSR count). The van der Waals surface area contributed by atoms with Gasteiger partial charge >= 0.3 is 0 Å². The second-order valence-corrected chi connectivity index (χ2v) is 7.14. The van der Waals surface area contributed by atoms with Crippen molar-refractivity contribution < 1.29 is 13.3 Å². The van der Waals surface area contributed by atoms with Gasteiger partial charge in [0, 0.05) is 18.7 Å². The van der Waals surface area contributed by atoms with Crippen molar-refractivity contribution in [3.05, 3.63) is 62.6 Å². The Morgan fingerprint density at radius 2 is 1.74 bits per heavy atom. The number of nitro benzene ring substituents is 1. The summed E-state index contributed by atoms with van der Waals surface area (Å²) in [6.45, 7) is 1.78. The summed E-state index contributed by atoms with van der Waals surface area (Å²) in [5.41, 5.74) is 0.0628. The molecule has 0 aliphatic carbocycles. The van der Waals surface area contributed by atoms with Crippen LogP contribution < -0.4 is 4.31 Å². The Morgan fingerprint density at radius 1 is 1.13 bits per heavy atom. The molecule has 0 unspecified atom stereocenters. The molecule has 6 nitrogen and oxygen atoms in total. The summed E-state index contributed by atoms with van der Waals surface area (Å²) < 4.78 is 26.6. The van der Waals surface area contributed by atoms with Crippen molar-refractivity contribution >= 4 is 44.6 Å². The zero-order valence-electron chi connectivity index (χ0n) is 11.9. The van der Waals surface area contributed by atoms with Gasteiger partial charge in [-0.25, -0.2) is 8.42 Å². The van der Waals surface area contributed by atoms with Crippen molar-refractivity contribution in [1.82, 2.24) is 0 Å². The summed E-state index contributed by atoms with van der Waals surface area (Å²) in [6.07, 6.45) is 0. The normalized spacial score (nSPS) is 11.3. The van der Waals surface area contributed by atoms with E-state index >= 15 is 0 Å². The second-order valence-electron chi connectivity index (χ2n) is 4.49. The maximum Gasteiger partial charge on any atom is 0.269 e. The molecule has 0 atom stereocenters. The van der Waals surface area contributed by atoms with Crippen LogP contribution in [0.3, 0.4) is 0 Å². The number of hydrogen-bond donors (Lipinski definition) is 0. The van der Waals surface area contributed by atoms with Gasteiger partial charge in [0.05, 0.1) is 25.6 Å². The van der Waals surface area contributed by atoms with E-state index in [0.717, 1.165) is 16.4 Å². The van der Waals surface area contributed by atoms with Crippen molar-refractivity contribution in [3.63, 3.8) is 0 Å². The molecule has 0 saturated carbocycles. The zero-order chi connectivity index (χ0) is 17.2. The van der Waals surface area contributed by atoms with E-state index in [9.17, 15) is 18.5 Å². The van der Waals surface area contributed by atoms with E-state index < -0.39 is 14.9 Å². The van der Waals surface area contributed by atoms with Gasteiger partial charge < -0.3 is 0 Å². The lowest BCUT2D eigenvalue weighted by Crippen LogP contribution is -2.31.